The van der Waals surface area contributed by atoms with Gasteiger partial charge in [-0.15, -0.1) is 0 Å². The highest BCUT2D eigenvalue weighted by atomic mass is 32.2. The lowest BCUT2D eigenvalue weighted by atomic mass is 10.3. The van der Waals surface area contributed by atoms with Crippen LogP contribution in [-0.4, -0.2) is 4.98 Å². The van der Waals surface area contributed by atoms with Gasteiger partial charge in [0.05, 0.1) is 0 Å². The van der Waals surface area contributed by atoms with E-state index >= 15 is 0 Å². The van der Waals surface area contributed by atoms with Crippen molar-refractivity contribution in [3.05, 3.63) is 36.7 Å². The van der Waals surface area contributed by atoms with Gasteiger partial charge in [0.25, 0.3) is 0 Å². The van der Waals surface area contributed by atoms with Crippen LogP contribution in [0.2, 0.25) is 0 Å². The molecule has 0 aliphatic carbocycles. The van der Waals surface area contributed by atoms with E-state index in [0.717, 1.165) is 5.03 Å². The Hall–Kier alpha value is -0.960. The Bertz CT molecular complexity index is 248. The van der Waals surface area contributed by atoms with Gasteiger partial charge in [-0.25, -0.2) is 4.98 Å². The average molecular weight is 166 g/mol. The molecule has 0 aliphatic heterocycles. The van der Waals surface area contributed by atoms with Gasteiger partial charge in [-0.05, 0) is 18.6 Å². The van der Waals surface area contributed by atoms with Crippen molar-refractivity contribution in [2.75, 3.05) is 0 Å². The minimum Gasteiger partial charge on any atom is -0.332 e. The van der Waals surface area contributed by atoms with Gasteiger partial charge in [-0.1, -0.05) is 12.6 Å². The fourth-order valence-electron chi connectivity index (χ4n) is 0.676. The summed E-state index contributed by atoms with van der Waals surface area (Å²) in [6.45, 7) is 5.57. The van der Waals surface area contributed by atoms with Gasteiger partial charge in [0.15, 0.2) is 0 Å². The molecule has 0 amide bonds. The molecule has 0 spiro atoms. The van der Waals surface area contributed by atoms with Gasteiger partial charge in [-0.3, -0.25) is 0 Å². The van der Waals surface area contributed by atoms with Gasteiger partial charge in [0, 0.05) is 24.3 Å². The van der Waals surface area contributed by atoms with Crippen molar-refractivity contribution in [1.82, 2.24) is 9.71 Å². The third-order valence-corrected chi connectivity index (χ3v) is 2.11. The van der Waals surface area contributed by atoms with E-state index in [4.69, 9.17) is 0 Å². The Balaban J connectivity index is 2.69. The molecule has 0 saturated carbocycles. The summed E-state index contributed by atoms with van der Waals surface area (Å²) in [5.41, 5.74) is 1.17. The molecule has 0 atom stereocenters. The maximum absolute atomic E-state index is 4.17. The lowest BCUT2D eigenvalue weighted by molar-refractivity contribution is 1.07. The second-order valence-corrected chi connectivity index (χ2v) is 2.88. The number of pyridine rings is 1. The summed E-state index contributed by atoms with van der Waals surface area (Å²) in [6, 6.07) is 3.95. The molecule has 2 nitrogen and oxygen atoms in total. The summed E-state index contributed by atoms with van der Waals surface area (Å²) in [6.07, 6.45) is 3.42. The number of hydrogen-bond acceptors (Lipinski definition) is 3. The molecule has 1 aromatic rings. The van der Waals surface area contributed by atoms with Crippen molar-refractivity contribution in [3.63, 3.8) is 0 Å². The number of nitrogens with one attached hydrogen (secondary N) is 1. The van der Waals surface area contributed by atoms with Crippen LogP contribution in [0.15, 0.2) is 36.1 Å². The zero-order chi connectivity index (χ0) is 8.10. The van der Waals surface area contributed by atoms with Crippen LogP contribution in [0.5, 0.6) is 0 Å². The van der Waals surface area contributed by atoms with Crippen molar-refractivity contribution in [2.24, 2.45) is 0 Å². The standard InChI is InChI=1S/C8H10N2S/c1-3-10-11-8-7(2)5-4-6-9-8/h3-6,10H,1H2,2H3. The molecule has 11 heavy (non-hydrogen) atoms. The predicted molar refractivity (Wildman–Crippen MR) is 48.2 cm³/mol. The number of rotatable bonds is 3. The first-order valence-electron chi connectivity index (χ1n) is 3.29. The summed E-state index contributed by atoms with van der Waals surface area (Å²) in [7, 11) is 0. The van der Waals surface area contributed by atoms with Crippen LogP contribution in [0.1, 0.15) is 5.56 Å². The van der Waals surface area contributed by atoms with Crippen molar-refractivity contribution in [3.8, 4) is 0 Å². The van der Waals surface area contributed by atoms with E-state index in [1.165, 1.54) is 17.5 Å². The van der Waals surface area contributed by atoms with E-state index in [1.54, 1.807) is 12.4 Å². The zero-order valence-corrected chi connectivity index (χ0v) is 7.19. The Kier molecular flexibility index (Phi) is 2.98. The second kappa shape index (κ2) is 4.03. The number of aryl methyl sites for hydroxylation is 1. The van der Waals surface area contributed by atoms with Crippen LogP contribution in [0.25, 0.3) is 0 Å². The first kappa shape index (κ1) is 8.14. The summed E-state index contributed by atoms with van der Waals surface area (Å²) < 4.78 is 2.92. The smallest absolute Gasteiger partial charge is 0.119 e. The lowest BCUT2D eigenvalue weighted by Crippen LogP contribution is -1.92. The first-order chi connectivity index (χ1) is 5.34. The molecule has 0 aliphatic rings. The molecule has 0 unspecified atom stereocenters. The highest BCUT2D eigenvalue weighted by Gasteiger charge is 1.95. The van der Waals surface area contributed by atoms with Crippen molar-refractivity contribution < 1.29 is 0 Å². The number of nitrogens with zero attached hydrogens (tertiary/aromatic N) is 1. The summed E-state index contributed by atoms with van der Waals surface area (Å²) in [5.74, 6) is 0. The van der Waals surface area contributed by atoms with Crippen molar-refractivity contribution >= 4 is 11.9 Å². The molecule has 0 fully saturated rings. The van der Waals surface area contributed by atoms with Crippen LogP contribution in [-0.2, 0) is 0 Å². The predicted octanol–water partition coefficient (Wildman–Crippen LogP) is 2.13. The van der Waals surface area contributed by atoms with Gasteiger partial charge in [0.1, 0.15) is 5.03 Å². The average Bonchev–Trinajstić information content (AvgIpc) is 2.03. The molecule has 1 N–H and O–H groups in total. The van der Waals surface area contributed by atoms with Crippen LogP contribution < -0.4 is 4.72 Å². The molecule has 3 heteroatoms. The summed E-state index contributed by atoms with van der Waals surface area (Å²) >= 11 is 1.47. The fraction of sp³-hybridized carbons (Fsp3) is 0.125. The minimum atomic E-state index is 0.993. The quantitative estimate of drug-likeness (QED) is 0.696. The van der Waals surface area contributed by atoms with Gasteiger partial charge < -0.3 is 4.72 Å². The molecule has 0 saturated heterocycles. The monoisotopic (exact) mass is 166 g/mol. The summed E-state index contributed by atoms with van der Waals surface area (Å²) in [4.78, 5) is 4.17. The SMILES string of the molecule is C=CNSc1ncccc1C. The lowest BCUT2D eigenvalue weighted by Gasteiger charge is -2.00. The highest BCUT2D eigenvalue weighted by molar-refractivity contribution is 7.97. The normalized spacial score (nSPS) is 9.18. The largest absolute Gasteiger partial charge is 0.332 e. The van der Waals surface area contributed by atoms with Crippen LogP contribution in [0.4, 0.5) is 0 Å². The molecular weight excluding hydrogens is 156 g/mol. The molecular formula is C8H10N2S. The van der Waals surface area contributed by atoms with Crippen LogP contribution >= 0.6 is 11.9 Å². The maximum atomic E-state index is 4.17. The molecule has 0 bridgehead atoms. The molecule has 1 aromatic heterocycles. The van der Waals surface area contributed by atoms with Gasteiger partial charge in [0.2, 0.25) is 0 Å². The van der Waals surface area contributed by atoms with E-state index in [2.05, 4.69) is 16.3 Å². The van der Waals surface area contributed by atoms with E-state index in [9.17, 15) is 0 Å². The van der Waals surface area contributed by atoms with E-state index in [-0.39, 0.29) is 0 Å². The maximum Gasteiger partial charge on any atom is 0.119 e. The Morgan fingerprint density at radius 2 is 2.55 bits per heavy atom. The molecule has 0 aromatic carbocycles. The van der Waals surface area contributed by atoms with Crippen molar-refractivity contribution in [1.29, 1.82) is 0 Å². The van der Waals surface area contributed by atoms with E-state index in [0.29, 0.717) is 0 Å². The van der Waals surface area contributed by atoms with Gasteiger partial charge in [-0.2, -0.15) is 0 Å². The zero-order valence-electron chi connectivity index (χ0n) is 6.37. The van der Waals surface area contributed by atoms with E-state index < -0.39 is 0 Å². The molecule has 1 heterocycles. The number of hydrogen-bond donors (Lipinski definition) is 1. The van der Waals surface area contributed by atoms with Crippen molar-refractivity contribution in [2.45, 2.75) is 11.9 Å². The molecule has 0 radical (unpaired) electrons. The molecule has 58 valence electrons. The molecule has 1 rings (SSSR count). The first-order valence-corrected chi connectivity index (χ1v) is 4.11. The fourth-order valence-corrected chi connectivity index (χ4v) is 1.21. The Morgan fingerprint density at radius 3 is 3.18 bits per heavy atom. The third kappa shape index (κ3) is 2.27. The highest BCUT2D eigenvalue weighted by Crippen LogP contribution is 2.14. The van der Waals surface area contributed by atoms with E-state index in [1.807, 2.05) is 19.1 Å². The van der Waals surface area contributed by atoms with Crippen LogP contribution in [0, 0.1) is 6.92 Å². The second-order valence-electron chi connectivity index (χ2n) is 2.05. The minimum absolute atomic E-state index is 0.993. The Morgan fingerprint density at radius 1 is 1.73 bits per heavy atom. The van der Waals surface area contributed by atoms with Crippen LogP contribution in [0.3, 0.4) is 0 Å². The topological polar surface area (TPSA) is 24.9 Å². The third-order valence-electron chi connectivity index (χ3n) is 1.20. The van der Waals surface area contributed by atoms with Gasteiger partial charge >= 0.3 is 0 Å². The Labute approximate surface area is 70.9 Å². The number of aromatic nitrogens is 1. The summed E-state index contributed by atoms with van der Waals surface area (Å²) in [5, 5.41) is 0.993.